The zero-order valence-corrected chi connectivity index (χ0v) is 10.2. The Hall–Kier alpha value is -1.24. The molecule has 2 heterocycles. The van der Waals surface area contributed by atoms with Gasteiger partial charge in [-0.05, 0) is 0 Å². The van der Waals surface area contributed by atoms with Crippen molar-refractivity contribution in [1.29, 1.82) is 0 Å². The van der Waals surface area contributed by atoms with Gasteiger partial charge in [0.15, 0.2) is 0 Å². The van der Waals surface area contributed by atoms with Crippen molar-refractivity contribution in [2.45, 2.75) is 31.8 Å². The second-order valence-corrected chi connectivity index (χ2v) is 4.57. The molecule has 1 unspecified atom stereocenters. The van der Waals surface area contributed by atoms with Gasteiger partial charge in [-0.25, -0.2) is 0 Å². The van der Waals surface area contributed by atoms with Crippen LogP contribution in [0.2, 0.25) is 0 Å². The van der Waals surface area contributed by atoms with Crippen LogP contribution in [0, 0.1) is 0 Å². The molecule has 18 heavy (non-hydrogen) atoms. The molecule has 1 aliphatic heterocycles. The summed E-state index contributed by atoms with van der Waals surface area (Å²) in [5, 5.41) is 18.7. The second kappa shape index (κ2) is 5.18. The first kappa shape index (κ1) is 13.2. The molecule has 3 atom stereocenters. The minimum atomic E-state index is -0.713. The summed E-state index contributed by atoms with van der Waals surface area (Å²) in [6.45, 7) is 1.62. The van der Waals surface area contributed by atoms with Crippen LogP contribution in [0.4, 0.5) is 0 Å². The molecule has 0 saturated carbocycles. The van der Waals surface area contributed by atoms with Gasteiger partial charge < -0.3 is 0 Å². The Morgan fingerprint density at radius 3 is 2.94 bits per heavy atom. The number of carbonyl (C=O) groups excluding carboxylic acids is 1. The van der Waals surface area contributed by atoms with E-state index in [0.29, 0.717) is 12.1 Å². The third-order valence-corrected chi connectivity index (χ3v) is 3.19. The summed E-state index contributed by atoms with van der Waals surface area (Å²) in [6.07, 6.45) is 1.15. The van der Waals surface area contributed by atoms with Crippen LogP contribution in [-0.4, -0.2) is 52.8 Å². The van der Waals surface area contributed by atoms with E-state index in [1.807, 2.05) is 6.92 Å². The van der Waals surface area contributed by atoms with Crippen molar-refractivity contribution in [2.75, 3.05) is 6.61 Å². The number of carbonyl (C=O) groups is 1. The first-order valence-electron chi connectivity index (χ1n) is 5.84. The van der Waals surface area contributed by atoms with Gasteiger partial charge in [0.05, 0.1) is 0 Å². The Morgan fingerprint density at radius 1 is 1.72 bits per heavy atom. The molecule has 0 aliphatic carbocycles. The number of aliphatic hydroxyl groups is 2. The van der Waals surface area contributed by atoms with Gasteiger partial charge in [-0.1, -0.05) is 0 Å². The summed E-state index contributed by atoms with van der Waals surface area (Å²) in [7, 11) is 3.83. The average Bonchev–Trinajstić information content (AvgIpc) is 2.91. The first-order valence-corrected chi connectivity index (χ1v) is 5.84. The Kier molecular flexibility index (Phi) is 3.80. The van der Waals surface area contributed by atoms with E-state index >= 15 is 0 Å². The molecule has 5 nitrogen and oxygen atoms in total. The molecule has 1 aromatic rings. The number of rotatable bonds is 4. The summed E-state index contributed by atoms with van der Waals surface area (Å²) >= 11 is 0. The van der Waals surface area contributed by atoms with E-state index in [0.717, 1.165) is 17.3 Å². The number of aliphatic hydroxyl groups excluding tert-OH is 2. The molecular weight excluding hydrogens is 233 g/mol. The summed E-state index contributed by atoms with van der Waals surface area (Å²) in [5.41, 5.74) is 2.19. The molecule has 2 N–H and O–H groups in total. The van der Waals surface area contributed by atoms with Crippen LogP contribution in [0.1, 0.15) is 35.6 Å². The standard InChI is InChI=1S/C12H16BNO4/c1-7(13)8-2-9(5-15)14(4-8)12-3-10(17)11(6-16)18-12/h2,4-5,10-13,16-17H,3,6H2,1H3/t10?,11-,12-/m1/s1. The fourth-order valence-electron chi connectivity index (χ4n) is 2.12. The molecule has 1 fully saturated rings. The van der Waals surface area contributed by atoms with Crippen molar-refractivity contribution in [1.82, 2.24) is 4.57 Å². The van der Waals surface area contributed by atoms with Crippen LogP contribution in [-0.2, 0) is 4.74 Å². The summed E-state index contributed by atoms with van der Waals surface area (Å²) in [6, 6.07) is 1.73. The number of aromatic nitrogens is 1. The fourth-order valence-corrected chi connectivity index (χ4v) is 2.12. The van der Waals surface area contributed by atoms with Crippen molar-refractivity contribution < 1.29 is 19.7 Å². The number of aldehydes is 1. The third kappa shape index (κ3) is 2.31. The maximum absolute atomic E-state index is 11.0. The number of nitrogens with zero attached hydrogens (tertiary/aromatic N) is 1. The first-order chi connectivity index (χ1) is 8.56. The quantitative estimate of drug-likeness (QED) is 0.551. The van der Waals surface area contributed by atoms with Crippen LogP contribution in [0.5, 0.6) is 0 Å². The van der Waals surface area contributed by atoms with Crippen LogP contribution in [0.25, 0.3) is 0 Å². The molecule has 0 spiro atoms. The van der Waals surface area contributed by atoms with Gasteiger partial charge in [0.2, 0.25) is 0 Å². The molecule has 1 saturated heterocycles. The molecule has 0 bridgehead atoms. The molecule has 6 heteroatoms. The van der Waals surface area contributed by atoms with Gasteiger partial charge in [0, 0.05) is 0 Å². The third-order valence-electron chi connectivity index (χ3n) is 3.19. The Balaban J connectivity index is 2.28. The van der Waals surface area contributed by atoms with Crippen LogP contribution in [0.3, 0.4) is 0 Å². The van der Waals surface area contributed by atoms with Gasteiger partial charge in [0.1, 0.15) is 0 Å². The zero-order chi connectivity index (χ0) is 13.3. The van der Waals surface area contributed by atoms with E-state index in [-0.39, 0.29) is 6.61 Å². The summed E-state index contributed by atoms with van der Waals surface area (Å²) in [4.78, 5) is 11.0. The Labute approximate surface area is 106 Å². The molecule has 0 amide bonds. The van der Waals surface area contributed by atoms with E-state index in [4.69, 9.17) is 9.84 Å². The molecule has 2 rings (SSSR count). The monoisotopic (exact) mass is 249 g/mol. The summed E-state index contributed by atoms with van der Waals surface area (Å²) < 4.78 is 7.20. The number of hydrogen-bond acceptors (Lipinski definition) is 4. The van der Waals surface area contributed by atoms with Gasteiger partial charge in [-0.3, -0.25) is 0 Å². The number of ether oxygens (including phenoxy) is 1. The fraction of sp³-hybridized carbons (Fsp3) is 0.500. The van der Waals surface area contributed by atoms with Gasteiger partial charge in [0.25, 0.3) is 0 Å². The minimum absolute atomic E-state index is 0.233. The van der Waals surface area contributed by atoms with Gasteiger partial charge in [-0.15, -0.1) is 0 Å². The van der Waals surface area contributed by atoms with E-state index < -0.39 is 18.4 Å². The SMILES string of the molecule is B=C(C)c1cc(C=O)n([C@H]2CC(O)[C@@H](CO)O2)c1. The second-order valence-electron chi connectivity index (χ2n) is 4.57. The topological polar surface area (TPSA) is 71.7 Å². The summed E-state index contributed by atoms with van der Waals surface area (Å²) in [5.74, 6) is 0. The zero-order valence-electron chi connectivity index (χ0n) is 10.2. The van der Waals surface area contributed by atoms with Crippen molar-refractivity contribution in [2.24, 2.45) is 0 Å². The molecule has 0 radical (unpaired) electrons. The average molecular weight is 249 g/mol. The van der Waals surface area contributed by atoms with E-state index in [1.165, 1.54) is 0 Å². The van der Waals surface area contributed by atoms with Crippen molar-refractivity contribution in [3.63, 3.8) is 0 Å². The van der Waals surface area contributed by atoms with E-state index in [1.54, 1.807) is 16.8 Å². The Bertz CT molecular complexity index is 471. The molecule has 96 valence electrons. The van der Waals surface area contributed by atoms with Crippen LogP contribution in [0.15, 0.2) is 12.3 Å². The van der Waals surface area contributed by atoms with Gasteiger partial charge in [-0.2, -0.15) is 0 Å². The van der Waals surface area contributed by atoms with Crippen LogP contribution < -0.4 is 0 Å². The maximum atomic E-state index is 11.0. The predicted molar refractivity (Wildman–Crippen MR) is 68.4 cm³/mol. The normalized spacial score (nSPS) is 27.3. The van der Waals surface area contributed by atoms with Gasteiger partial charge >= 0.3 is 105 Å². The molecule has 1 aliphatic rings. The van der Waals surface area contributed by atoms with Crippen molar-refractivity contribution in [3.8, 4) is 0 Å². The van der Waals surface area contributed by atoms with Crippen LogP contribution >= 0.6 is 0 Å². The van der Waals surface area contributed by atoms with Crippen molar-refractivity contribution >= 4 is 19.2 Å². The molecule has 0 aromatic carbocycles. The molecule has 1 aromatic heterocycles. The predicted octanol–water partition coefficient (Wildman–Crippen LogP) is -0.618. The number of hydrogen-bond donors (Lipinski definition) is 2. The molecular formula is C12H16BNO4. The van der Waals surface area contributed by atoms with E-state index in [2.05, 4.69) is 7.49 Å². The van der Waals surface area contributed by atoms with Crippen molar-refractivity contribution in [3.05, 3.63) is 23.5 Å². The van der Waals surface area contributed by atoms with E-state index in [9.17, 15) is 9.90 Å². The Morgan fingerprint density at radius 2 is 2.44 bits per heavy atom.